The van der Waals surface area contributed by atoms with Crippen LogP contribution in [0.15, 0.2) is 60.7 Å². The number of rotatable bonds is 2. The molecule has 3 heteroatoms. The lowest BCUT2D eigenvalue weighted by Crippen LogP contribution is -2.49. The largest absolute Gasteiger partial charge is 0.349 e. The van der Waals surface area contributed by atoms with Crippen molar-refractivity contribution in [2.75, 3.05) is 7.05 Å². The lowest BCUT2D eigenvalue weighted by atomic mass is 9.87. The van der Waals surface area contributed by atoms with Gasteiger partial charge >= 0.3 is 0 Å². The lowest BCUT2D eigenvalue weighted by Gasteiger charge is -2.41. The number of hydrogen-bond donors (Lipinski definition) is 1. The van der Waals surface area contributed by atoms with Crippen LogP contribution in [0, 0.1) is 0 Å². The molecule has 23 heavy (non-hydrogen) atoms. The molecule has 0 spiro atoms. The molecule has 2 atom stereocenters. The van der Waals surface area contributed by atoms with Crippen LogP contribution in [0.5, 0.6) is 0 Å². The van der Waals surface area contributed by atoms with Crippen LogP contribution in [-0.2, 0) is 4.79 Å². The molecule has 1 aliphatic heterocycles. The highest BCUT2D eigenvalue weighted by molar-refractivity contribution is 5.78. The number of likely N-dealkylation sites (N-methyl/N-ethyl adjacent to an activating group) is 1. The maximum Gasteiger partial charge on any atom is 0.222 e. The molecule has 1 heterocycles. The predicted octanol–water partition coefficient (Wildman–Crippen LogP) is 3.70. The van der Waals surface area contributed by atoms with Crippen molar-refractivity contribution in [1.29, 1.82) is 0 Å². The van der Waals surface area contributed by atoms with Crippen molar-refractivity contribution in [1.82, 2.24) is 10.2 Å². The van der Waals surface area contributed by atoms with Crippen LogP contribution in [-0.4, -0.2) is 23.4 Å². The maximum absolute atomic E-state index is 12.5. The summed E-state index contributed by atoms with van der Waals surface area (Å²) in [6.45, 7) is 4.21. The standard InChI is InChI=1S/C20H24N2O/c1-20(2)19(16-12-8-5-9-13-16)22(3)17(14-18(23)21-20)15-10-6-4-7-11-15/h4-13,17,19H,14H2,1-3H3,(H,21,23)/t17-,19-/m1/s1. The first-order valence-corrected chi connectivity index (χ1v) is 8.12. The van der Waals surface area contributed by atoms with E-state index in [1.54, 1.807) is 0 Å². The summed E-state index contributed by atoms with van der Waals surface area (Å²) in [7, 11) is 2.12. The molecule has 2 aromatic rings. The quantitative estimate of drug-likeness (QED) is 0.917. The zero-order valence-electron chi connectivity index (χ0n) is 14.0. The summed E-state index contributed by atoms with van der Waals surface area (Å²) in [5.74, 6) is 0.106. The van der Waals surface area contributed by atoms with Crippen LogP contribution in [0.2, 0.25) is 0 Å². The summed E-state index contributed by atoms with van der Waals surface area (Å²) < 4.78 is 0. The molecule has 3 nitrogen and oxygen atoms in total. The van der Waals surface area contributed by atoms with Gasteiger partial charge in [-0.2, -0.15) is 0 Å². The van der Waals surface area contributed by atoms with Gasteiger partial charge in [-0.3, -0.25) is 9.69 Å². The number of carbonyl (C=O) groups excluding carboxylic acids is 1. The number of benzene rings is 2. The first-order chi connectivity index (χ1) is 11.0. The smallest absolute Gasteiger partial charge is 0.222 e. The fraction of sp³-hybridized carbons (Fsp3) is 0.350. The monoisotopic (exact) mass is 308 g/mol. The Hall–Kier alpha value is -2.13. The molecule has 0 aliphatic carbocycles. The molecular weight excluding hydrogens is 284 g/mol. The Kier molecular flexibility index (Phi) is 4.22. The van der Waals surface area contributed by atoms with Crippen molar-refractivity contribution < 1.29 is 4.79 Å². The average molecular weight is 308 g/mol. The second kappa shape index (κ2) is 6.17. The Balaban J connectivity index is 2.06. The molecule has 0 aromatic heterocycles. The summed E-state index contributed by atoms with van der Waals surface area (Å²) >= 11 is 0. The number of nitrogens with zero attached hydrogens (tertiary/aromatic N) is 1. The van der Waals surface area contributed by atoms with Gasteiger partial charge in [0.25, 0.3) is 0 Å². The molecular formula is C20H24N2O. The van der Waals surface area contributed by atoms with Crippen LogP contribution in [0.1, 0.15) is 43.5 Å². The summed E-state index contributed by atoms with van der Waals surface area (Å²) in [6, 6.07) is 20.9. The Labute approximate surface area is 138 Å². The fourth-order valence-electron chi connectivity index (χ4n) is 3.80. The molecule has 3 rings (SSSR count). The van der Waals surface area contributed by atoms with Gasteiger partial charge in [0.05, 0.1) is 11.6 Å². The molecule has 1 saturated heterocycles. The SMILES string of the molecule is CN1[C@@H](c2ccccc2)CC(=O)NC(C)(C)[C@H]1c1ccccc1. The second-order valence-corrected chi connectivity index (χ2v) is 6.88. The second-order valence-electron chi connectivity index (χ2n) is 6.88. The normalized spacial score (nSPS) is 24.7. The first-order valence-electron chi connectivity index (χ1n) is 8.12. The Morgan fingerprint density at radius 1 is 0.957 bits per heavy atom. The fourth-order valence-corrected chi connectivity index (χ4v) is 3.80. The highest BCUT2D eigenvalue weighted by Gasteiger charge is 2.41. The van der Waals surface area contributed by atoms with Crippen molar-refractivity contribution >= 4 is 5.91 Å². The predicted molar refractivity (Wildman–Crippen MR) is 93.0 cm³/mol. The van der Waals surface area contributed by atoms with E-state index in [2.05, 4.69) is 67.5 Å². The van der Waals surface area contributed by atoms with Gasteiger partial charge in [-0.05, 0) is 32.0 Å². The van der Waals surface area contributed by atoms with E-state index < -0.39 is 0 Å². The van der Waals surface area contributed by atoms with Gasteiger partial charge in [-0.25, -0.2) is 0 Å². The molecule has 1 amide bonds. The Bertz CT molecular complexity index is 667. The van der Waals surface area contributed by atoms with E-state index in [0.29, 0.717) is 6.42 Å². The number of nitrogens with one attached hydrogen (secondary N) is 1. The van der Waals surface area contributed by atoms with E-state index in [0.717, 1.165) is 0 Å². The summed E-state index contributed by atoms with van der Waals surface area (Å²) in [4.78, 5) is 14.8. The first kappa shape index (κ1) is 15.8. The van der Waals surface area contributed by atoms with E-state index in [1.807, 2.05) is 24.3 Å². The summed E-state index contributed by atoms with van der Waals surface area (Å²) in [6.07, 6.45) is 0.479. The van der Waals surface area contributed by atoms with Crippen LogP contribution in [0.3, 0.4) is 0 Å². The van der Waals surface area contributed by atoms with Crippen LogP contribution in [0.4, 0.5) is 0 Å². The van der Waals surface area contributed by atoms with Gasteiger partial charge in [0.15, 0.2) is 0 Å². The Morgan fingerprint density at radius 3 is 2.04 bits per heavy atom. The number of amides is 1. The zero-order valence-corrected chi connectivity index (χ0v) is 14.0. The molecule has 1 N–H and O–H groups in total. The van der Waals surface area contributed by atoms with Gasteiger partial charge in [0, 0.05) is 12.5 Å². The van der Waals surface area contributed by atoms with Gasteiger partial charge in [-0.15, -0.1) is 0 Å². The molecule has 1 fully saturated rings. The third-order valence-electron chi connectivity index (χ3n) is 4.72. The molecule has 120 valence electrons. The molecule has 1 aliphatic rings. The molecule has 0 bridgehead atoms. The van der Waals surface area contributed by atoms with E-state index in [4.69, 9.17) is 0 Å². The van der Waals surface area contributed by atoms with E-state index in [1.165, 1.54) is 11.1 Å². The van der Waals surface area contributed by atoms with Gasteiger partial charge in [0.1, 0.15) is 0 Å². The minimum absolute atomic E-state index is 0.0724. The van der Waals surface area contributed by atoms with Crippen LogP contribution < -0.4 is 5.32 Å². The van der Waals surface area contributed by atoms with Gasteiger partial charge < -0.3 is 5.32 Å². The summed E-state index contributed by atoms with van der Waals surface area (Å²) in [5, 5.41) is 3.22. The van der Waals surface area contributed by atoms with E-state index >= 15 is 0 Å². The maximum atomic E-state index is 12.5. The molecule has 0 radical (unpaired) electrons. The molecule has 2 aromatic carbocycles. The average Bonchev–Trinajstić information content (AvgIpc) is 2.62. The van der Waals surface area contributed by atoms with Crippen molar-refractivity contribution in [3.8, 4) is 0 Å². The van der Waals surface area contributed by atoms with Gasteiger partial charge in [-0.1, -0.05) is 60.7 Å². The van der Waals surface area contributed by atoms with Crippen molar-refractivity contribution in [3.63, 3.8) is 0 Å². The van der Waals surface area contributed by atoms with E-state index in [9.17, 15) is 4.79 Å². The number of carbonyl (C=O) groups is 1. The minimum atomic E-state index is -0.337. The molecule has 0 unspecified atom stereocenters. The zero-order chi connectivity index (χ0) is 16.4. The Morgan fingerprint density at radius 2 is 1.48 bits per heavy atom. The van der Waals surface area contributed by atoms with Crippen LogP contribution in [0.25, 0.3) is 0 Å². The van der Waals surface area contributed by atoms with E-state index in [-0.39, 0.29) is 23.5 Å². The summed E-state index contributed by atoms with van der Waals surface area (Å²) in [5.41, 5.74) is 2.07. The third-order valence-corrected chi connectivity index (χ3v) is 4.72. The van der Waals surface area contributed by atoms with Crippen LogP contribution >= 0.6 is 0 Å². The van der Waals surface area contributed by atoms with Crippen molar-refractivity contribution in [3.05, 3.63) is 71.8 Å². The van der Waals surface area contributed by atoms with Gasteiger partial charge in [0.2, 0.25) is 5.91 Å². The third kappa shape index (κ3) is 3.15. The van der Waals surface area contributed by atoms with Crippen molar-refractivity contribution in [2.24, 2.45) is 0 Å². The minimum Gasteiger partial charge on any atom is -0.349 e. The number of hydrogen-bond acceptors (Lipinski definition) is 2. The van der Waals surface area contributed by atoms with Crippen molar-refractivity contribution in [2.45, 2.75) is 37.9 Å². The highest BCUT2D eigenvalue weighted by atomic mass is 16.1. The molecule has 0 saturated carbocycles. The highest BCUT2D eigenvalue weighted by Crippen LogP contribution is 2.40. The topological polar surface area (TPSA) is 32.3 Å². The lowest BCUT2D eigenvalue weighted by molar-refractivity contribution is -0.122.